The number of urea groups is 1. The Labute approximate surface area is 179 Å². The van der Waals surface area contributed by atoms with E-state index in [9.17, 15) is 9.59 Å². The minimum absolute atomic E-state index is 0.0140. The number of pyridine rings is 1. The van der Waals surface area contributed by atoms with E-state index in [2.05, 4.69) is 20.5 Å². The first-order valence-electron chi connectivity index (χ1n) is 9.81. The van der Waals surface area contributed by atoms with Crippen molar-refractivity contribution in [1.29, 1.82) is 0 Å². The van der Waals surface area contributed by atoms with Gasteiger partial charge in [0.15, 0.2) is 0 Å². The third-order valence-corrected chi connectivity index (χ3v) is 5.89. The first-order valence-corrected chi connectivity index (χ1v) is 10.6. The number of nitrogens with zero attached hydrogens (tertiary/aromatic N) is 3. The molecule has 0 bridgehead atoms. The molecular formula is C22H23N5O2S. The molecule has 1 aliphatic rings. The summed E-state index contributed by atoms with van der Waals surface area (Å²) in [5.74, 6) is 0.0140. The molecule has 1 saturated heterocycles. The second-order valence-electron chi connectivity index (χ2n) is 7.03. The fourth-order valence-corrected chi connectivity index (χ4v) is 4.20. The second kappa shape index (κ2) is 9.51. The quantitative estimate of drug-likeness (QED) is 0.658. The first-order chi connectivity index (χ1) is 14.7. The predicted molar refractivity (Wildman–Crippen MR) is 119 cm³/mol. The molecule has 1 fully saturated rings. The van der Waals surface area contributed by atoms with Gasteiger partial charge in [0, 0.05) is 50.8 Å². The summed E-state index contributed by atoms with van der Waals surface area (Å²) in [7, 11) is 0. The monoisotopic (exact) mass is 421 g/mol. The lowest BCUT2D eigenvalue weighted by molar-refractivity contribution is 0.0633. The van der Waals surface area contributed by atoms with Gasteiger partial charge in [-0.1, -0.05) is 18.2 Å². The summed E-state index contributed by atoms with van der Waals surface area (Å²) in [6, 6.07) is 16.5. The molecule has 7 nitrogen and oxygen atoms in total. The van der Waals surface area contributed by atoms with Gasteiger partial charge in [0.25, 0.3) is 5.91 Å². The smallest absolute Gasteiger partial charge is 0.324 e. The molecule has 0 unspecified atom stereocenters. The van der Waals surface area contributed by atoms with Crippen LogP contribution in [0.5, 0.6) is 0 Å². The van der Waals surface area contributed by atoms with Crippen LogP contribution in [0.2, 0.25) is 0 Å². The third-order valence-electron chi connectivity index (χ3n) is 4.90. The number of piperazine rings is 1. The van der Waals surface area contributed by atoms with Crippen molar-refractivity contribution in [1.82, 2.24) is 14.8 Å². The molecule has 0 aliphatic carbocycles. The Kier molecular flexibility index (Phi) is 6.36. The Bertz CT molecular complexity index is 985. The summed E-state index contributed by atoms with van der Waals surface area (Å²) in [6.45, 7) is 3.93. The van der Waals surface area contributed by atoms with Crippen molar-refractivity contribution in [3.05, 3.63) is 77.4 Å². The lowest BCUT2D eigenvalue weighted by atomic mass is 10.2. The number of anilines is 2. The predicted octanol–water partition coefficient (Wildman–Crippen LogP) is 3.75. The fourth-order valence-electron chi connectivity index (χ4n) is 3.33. The summed E-state index contributed by atoms with van der Waals surface area (Å²) in [6.07, 6.45) is 3.61. The highest BCUT2D eigenvalue weighted by atomic mass is 32.1. The highest BCUT2D eigenvalue weighted by Crippen LogP contribution is 2.24. The summed E-state index contributed by atoms with van der Waals surface area (Å²) in [5.41, 5.74) is 1.94. The summed E-state index contributed by atoms with van der Waals surface area (Å²) < 4.78 is 0. The molecule has 1 aliphatic heterocycles. The largest absolute Gasteiger partial charge is 0.335 e. The van der Waals surface area contributed by atoms with Crippen molar-refractivity contribution < 1.29 is 9.59 Å². The van der Waals surface area contributed by atoms with Crippen LogP contribution in [0.3, 0.4) is 0 Å². The summed E-state index contributed by atoms with van der Waals surface area (Å²) in [4.78, 5) is 33.9. The number of benzene rings is 1. The van der Waals surface area contributed by atoms with Gasteiger partial charge in [0.1, 0.15) is 0 Å². The van der Waals surface area contributed by atoms with Crippen molar-refractivity contribution >= 4 is 34.0 Å². The van der Waals surface area contributed by atoms with Gasteiger partial charge in [-0.05, 0) is 42.0 Å². The van der Waals surface area contributed by atoms with Crippen molar-refractivity contribution in [3.63, 3.8) is 0 Å². The van der Waals surface area contributed by atoms with Crippen LogP contribution >= 0.6 is 11.3 Å². The number of hydrogen-bond donors (Lipinski definition) is 2. The zero-order chi connectivity index (χ0) is 20.8. The molecule has 3 aromatic rings. The van der Waals surface area contributed by atoms with Crippen LogP contribution in [-0.4, -0.2) is 52.9 Å². The van der Waals surface area contributed by atoms with E-state index in [1.54, 1.807) is 24.5 Å². The van der Waals surface area contributed by atoms with Crippen molar-refractivity contribution in [2.75, 3.05) is 36.8 Å². The molecular weight excluding hydrogens is 398 g/mol. The lowest BCUT2D eigenvalue weighted by Gasteiger charge is -2.34. The number of amides is 3. The van der Waals surface area contributed by atoms with Crippen molar-refractivity contribution in [2.45, 2.75) is 6.54 Å². The normalized spacial score (nSPS) is 14.3. The van der Waals surface area contributed by atoms with Gasteiger partial charge >= 0.3 is 6.03 Å². The fraction of sp³-hybridized carbons (Fsp3) is 0.227. The van der Waals surface area contributed by atoms with Crippen LogP contribution in [0, 0.1) is 0 Å². The topological polar surface area (TPSA) is 77.6 Å². The molecule has 0 atom stereocenters. The Hall–Kier alpha value is -3.23. The van der Waals surface area contributed by atoms with E-state index in [-0.39, 0.29) is 11.9 Å². The van der Waals surface area contributed by atoms with Crippen LogP contribution in [0.15, 0.2) is 67.0 Å². The van der Waals surface area contributed by atoms with Gasteiger partial charge in [-0.15, -0.1) is 11.3 Å². The molecule has 154 valence electrons. The van der Waals surface area contributed by atoms with E-state index in [0.717, 1.165) is 19.6 Å². The summed E-state index contributed by atoms with van der Waals surface area (Å²) >= 11 is 1.29. The van der Waals surface area contributed by atoms with Crippen molar-refractivity contribution in [3.8, 4) is 0 Å². The number of rotatable bonds is 5. The van der Waals surface area contributed by atoms with Crippen LogP contribution in [0.25, 0.3) is 0 Å². The van der Waals surface area contributed by atoms with Gasteiger partial charge in [-0.3, -0.25) is 20.0 Å². The van der Waals surface area contributed by atoms with E-state index in [1.165, 1.54) is 16.9 Å². The number of carbonyl (C=O) groups excluding carboxylic acids is 2. The van der Waals surface area contributed by atoms with Crippen LogP contribution < -0.4 is 10.6 Å². The van der Waals surface area contributed by atoms with Crippen molar-refractivity contribution in [2.24, 2.45) is 0 Å². The molecule has 3 heterocycles. The zero-order valence-electron chi connectivity index (χ0n) is 16.5. The Morgan fingerprint density at radius 3 is 2.37 bits per heavy atom. The molecule has 0 spiro atoms. The second-order valence-corrected chi connectivity index (χ2v) is 8.12. The molecule has 4 rings (SSSR count). The maximum Gasteiger partial charge on any atom is 0.324 e. The van der Waals surface area contributed by atoms with Gasteiger partial charge in [0.05, 0.1) is 9.88 Å². The number of nitrogens with one attached hydrogen (secondary N) is 2. The maximum atomic E-state index is 12.8. The number of carbonyl (C=O) groups is 2. The van der Waals surface area contributed by atoms with E-state index >= 15 is 0 Å². The van der Waals surface area contributed by atoms with Gasteiger partial charge in [-0.25, -0.2) is 4.79 Å². The molecule has 3 amide bonds. The molecule has 0 radical (unpaired) electrons. The minimum Gasteiger partial charge on any atom is -0.335 e. The highest BCUT2D eigenvalue weighted by molar-refractivity contribution is 7.18. The lowest BCUT2D eigenvalue weighted by Crippen LogP contribution is -2.48. The average molecular weight is 422 g/mol. The standard InChI is InChI=1S/C22H23N5O2S/c28-21(27-14-12-26(13-15-27)16-17-8-10-23-11-9-17)19-6-7-20(30-19)25-22(29)24-18-4-2-1-3-5-18/h1-11H,12-16H2,(H2,24,25,29). The maximum absolute atomic E-state index is 12.8. The van der Waals surface area contributed by atoms with Crippen LogP contribution in [0.4, 0.5) is 15.5 Å². The summed E-state index contributed by atoms with van der Waals surface area (Å²) in [5, 5.41) is 6.20. The van der Waals surface area contributed by atoms with E-state index in [0.29, 0.717) is 28.7 Å². The number of para-hydroxylation sites is 1. The van der Waals surface area contributed by atoms with Crippen LogP contribution in [-0.2, 0) is 6.54 Å². The van der Waals surface area contributed by atoms with Gasteiger partial charge in [0.2, 0.25) is 0 Å². The van der Waals surface area contributed by atoms with Gasteiger partial charge in [-0.2, -0.15) is 0 Å². The zero-order valence-corrected chi connectivity index (χ0v) is 17.3. The highest BCUT2D eigenvalue weighted by Gasteiger charge is 2.23. The molecule has 30 heavy (non-hydrogen) atoms. The molecule has 8 heteroatoms. The molecule has 2 N–H and O–H groups in total. The number of thiophene rings is 1. The van der Waals surface area contributed by atoms with Crippen LogP contribution in [0.1, 0.15) is 15.2 Å². The van der Waals surface area contributed by atoms with E-state index in [4.69, 9.17) is 0 Å². The minimum atomic E-state index is -0.327. The molecule has 0 saturated carbocycles. The Morgan fingerprint density at radius 1 is 0.900 bits per heavy atom. The number of hydrogen-bond acceptors (Lipinski definition) is 5. The molecule has 2 aromatic heterocycles. The average Bonchev–Trinajstić information content (AvgIpc) is 3.23. The van der Waals surface area contributed by atoms with E-state index < -0.39 is 0 Å². The Morgan fingerprint density at radius 2 is 1.63 bits per heavy atom. The number of aromatic nitrogens is 1. The SMILES string of the molecule is O=C(Nc1ccccc1)Nc1ccc(C(=O)N2CCN(Cc3ccncc3)CC2)s1. The van der Waals surface area contributed by atoms with E-state index in [1.807, 2.05) is 47.4 Å². The Balaban J connectivity index is 1.27. The first kappa shape index (κ1) is 20.1. The molecule has 1 aromatic carbocycles. The van der Waals surface area contributed by atoms with Gasteiger partial charge < -0.3 is 10.2 Å². The third kappa shape index (κ3) is 5.22.